The molecule has 70 heavy (non-hydrogen) atoms. The summed E-state index contributed by atoms with van der Waals surface area (Å²) >= 11 is 2.58. The number of fused-ring (bicyclic) bond motifs is 12. The minimum atomic E-state index is 0.524. The number of likely N-dealkylation sites (N-methyl/N-ethyl adjacent to an activating group) is 1. The molecule has 3 aromatic heterocycles. The summed E-state index contributed by atoms with van der Waals surface area (Å²) < 4.78 is 19.8. The van der Waals surface area contributed by atoms with E-state index in [-0.39, 0.29) is 0 Å². The molecule has 10 heteroatoms. The van der Waals surface area contributed by atoms with Crippen LogP contribution >= 0.6 is 23.5 Å². The van der Waals surface area contributed by atoms with Gasteiger partial charge in [-0.05, 0) is 115 Å². The molecule has 1 aliphatic heterocycles. The number of aromatic nitrogens is 5. The molecule has 0 bridgehead atoms. The summed E-state index contributed by atoms with van der Waals surface area (Å²) in [7, 11) is 12.6. The van der Waals surface area contributed by atoms with Crippen LogP contribution in [0.15, 0.2) is 115 Å². The molecule has 2 aliphatic rings. The monoisotopic (exact) mass is 967 g/mol. The maximum atomic E-state index is 4.39. The molecule has 7 aromatic carbocycles. The molecular formula is C60H70N8S2. The van der Waals surface area contributed by atoms with E-state index in [4.69, 9.17) is 0 Å². The molecule has 362 valence electrons. The fraction of sp³-hybridized carbons (Fsp3) is 0.300. The Balaban J connectivity index is 0.000000135. The minimum absolute atomic E-state index is 0.524. The van der Waals surface area contributed by atoms with E-state index in [0.717, 1.165) is 28.5 Å². The standard InChI is InChI=1S/C17H13N.C17H15N.2C11H15N3S.2C2H6/c1-18-16-9-5-4-8-14(16)15-11-10-12-6-2-3-7-13(12)17(15)18;1-18-15-9-5-4-8-14(15)17-13-7-3-2-6-12(13)10-11-16(17)18;2*1-6-7(2)9-10(13-15-12-9)11(8(6)3)14(4)5;2*1-2/h2-11H,1H3;2-8,10-11,15H,9H2,1H3;2*1-5H3;2*1-2H3. The van der Waals surface area contributed by atoms with Crippen molar-refractivity contribution in [2.24, 2.45) is 7.05 Å². The average molecular weight is 967 g/mol. The first-order valence-electron chi connectivity index (χ1n) is 24.5. The lowest BCUT2D eigenvalue weighted by atomic mass is 9.92. The fourth-order valence-electron chi connectivity index (χ4n) is 10.1. The van der Waals surface area contributed by atoms with Gasteiger partial charge in [0.15, 0.2) is 0 Å². The molecular weight excluding hydrogens is 897 g/mol. The second-order valence-electron chi connectivity index (χ2n) is 18.0. The quantitative estimate of drug-likeness (QED) is 0.171. The molecule has 1 unspecified atom stereocenters. The predicted molar refractivity (Wildman–Crippen MR) is 310 cm³/mol. The molecule has 0 radical (unpaired) electrons. The van der Waals surface area contributed by atoms with Crippen molar-refractivity contribution < 1.29 is 0 Å². The zero-order valence-corrected chi connectivity index (χ0v) is 45.8. The topological polar surface area (TPSA) is 66.2 Å². The lowest BCUT2D eigenvalue weighted by Gasteiger charge is -2.23. The molecule has 0 fully saturated rings. The van der Waals surface area contributed by atoms with Gasteiger partial charge in [0.05, 0.1) is 46.4 Å². The van der Waals surface area contributed by atoms with E-state index >= 15 is 0 Å². The highest BCUT2D eigenvalue weighted by Gasteiger charge is 2.32. The number of benzene rings is 7. The summed E-state index contributed by atoms with van der Waals surface area (Å²) in [5.41, 5.74) is 21.2. The molecule has 1 atom stereocenters. The first-order valence-corrected chi connectivity index (χ1v) is 26.0. The van der Waals surface area contributed by atoms with Crippen LogP contribution in [-0.2, 0) is 7.05 Å². The molecule has 0 amide bonds. The zero-order valence-electron chi connectivity index (χ0n) is 44.1. The van der Waals surface area contributed by atoms with Crippen molar-refractivity contribution in [2.75, 3.05) is 49.9 Å². The predicted octanol–water partition coefficient (Wildman–Crippen LogP) is 15.9. The Morgan fingerprint density at radius 3 is 1.53 bits per heavy atom. The van der Waals surface area contributed by atoms with Gasteiger partial charge in [-0.3, -0.25) is 0 Å². The molecule has 0 spiro atoms. The first kappa shape index (κ1) is 51.2. The molecule has 8 nitrogen and oxygen atoms in total. The van der Waals surface area contributed by atoms with Gasteiger partial charge in [-0.15, -0.1) is 0 Å². The van der Waals surface area contributed by atoms with Crippen molar-refractivity contribution >= 4 is 112 Å². The van der Waals surface area contributed by atoms with Gasteiger partial charge in [-0.25, -0.2) is 0 Å². The summed E-state index contributed by atoms with van der Waals surface area (Å²) in [5, 5.41) is 8.02. The number of hydrogen-bond acceptors (Lipinski definition) is 9. The number of rotatable bonds is 2. The van der Waals surface area contributed by atoms with E-state index in [0.29, 0.717) is 6.04 Å². The summed E-state index contributed by atoms with van der Waals surface area (Å²) in [5.74, 6) is 0. The SMILES string of the molecule is CC.CC.CN1c2ccc3ccccc3c2C2=CC=CCC21.Cc1c(C)c(N(C)C)c2nsnc2c1C.Cc1c(C)c(N(C)C)c2nsnc2c1C.Cn1c2ccccc2c2ccc3ccccc3c21. The second-order valence-corrected chi connectivity index (χ2v) is 19.1. The molecule has 4 heterocycles. The van der Waals surface area contributed by atoms with Crippen LogP contribution in [0.2, 0.25) is 0 Å². The lowest BCUT2D eigenvalue weighted by molar-refractivity contribution is 0.797. The van der Waals surface area contributed by atoms with Crippen molar-refractivity contribution in [1.82, 2.24) is 22.1 Å². The zero-order chi connectivity index (χ0) is 50.6. The highest BCUT2D eigenvalue weighted by atomic mass is 32.1. The summed E-state index contributed by atoms with van der Waals surface area (Å²) in [6.45, 7) is 20.8. The van der Waals surface area contributed by atoms with Crippen LogP contribution in [-0.4, -0.2) is 63.3 Å². The van der Waals surface area contributed by atoms with Crippen LogP contribution in [0.5, 0.6) is 0 Å². The Morgan fingerprint density at radius 2 is 0.971 bits per heavy atom. The van der Waals surface area contributed by atoms with Crippen molar-refractivity contribution in [3.63, 3.8) is 0 Å². The number of hydrogen-bond donors (Lipinski definition) is 0. The van der Waals surface area contributed by atoms with Gasteiger partial charge in [-0.1, -0.05) is 131 Å². The van der Waals surface area contributed by atoms with Gasteiger partial charge < -0.3 is 19.3 Å². The fourth-order valence-corrected chi connectivity index (χ4v) is 11.3. The van der Waals surface area contributed by atoms with Crippen molar-refractivity contribution in [1.29, 1.82) is 0 Å². The van der Waals surface area contributed by atoms with E-state index in [1.54, 1.807) is 0 Å². The van der Waals surface area contributed by atoms with E-state index in [1.807, 2.05) is 27.7 Å². The number of para-hydroxylation sites is 1. The average Bonchev–Trinajstić information content (AvgIpc) is 4.20. The molecule has 1 aliphatic carbocycles. The van der Waals surface area contributed by atoms with Crippen LogP contribution in [0.3, 0.4) is 0 Å². The molecule has 10 aromatic rings. The van der Waals surface area contributed by atoms with E-state index in [9.17, 15) is 0 Å². The van der Waals surface area contributed by atoms with Crippen LogP contribution in [0.4, 0.5) is 17.1 Å². The Bertz CT molecular complexity index is 3440. The van der Waals surface area contributed by atoms with Crippen LogP contribution in [0.1, 0.15) is 73.1 Å². The number of anilines is 3. The van der Waals surface area contributed by atoms with Gasteiger partial charge in [0, 0.05) is 75.2 Å². The number of nitrogens with zero attached hydrogens (tertiary/aromatic N) is 8. The lowest BCUT2D eigenvalue weighted by Crippen LogP contribution is -2.27. The summed E-state index contributed by atoms with van der Waals surface area (Å²) in [6.07, 6.45) is 7.85. The molecule has 0 N–H and O–H groups in total. The van der Waals surface area contributed by atoms with E-state index in [2.05, 4.69) is 236 Å². The number of aryl methyl sites for hydroxylation is 3. The normalized spacial score (nSPS) is 13.2. The highest BCUT2D eigenvalue weighted by Crippen LogP contribution is 2.46. The minimum Gasteiger partial charge on any atom is -0.376 e. The Morgan fingerprint density at radius 1 is 0.500 bits per heavy atom. The molecule has 12 rings (SSSR count). The van der Waals surface area contributed by atoms with Crippen molar-refractivity contribution in [3.05, 3.63) is 154 Å². The smallest absolute Gasteiger partial charge is 0.128 e. The van der Waals surface area contributed by atoms with E-state index in [1.165, 1.54) is 128 Å². The largest absolute Gasteiger partial charge is 0.376 e. The van der Waals surface area contributed by atoms with Gasteiger partial charge in [0.1, 0.15) is 22.1 Å². The maximum absolute atomic E-state index is 4.39. The van der Waals surface area contributed by atoms with Gasteiger partial charge in [-0.2, -0.15) is 17.5 Å². The molecule has 0 saturated heterocycles. The van der Waals surface area contributed by atoms with Crippen molar-refractivity contribution in [2.45, 2.75) is 81.7 Å². The van der Waals surface area contributed by atoms with Gasteiger partial charge in [0.2, 0.25) is 0 Å². The number of allylic oxidation sites excluding steroid dienone is 2. The van der Waals surface area contributed by atoms with Gasteiger partial charge in [0.25, 0.3) is 0 Å². The van der Waals surface area contributed by atoms with E-state index < -0.39 is 0 Å². The van der Waals surface area contributed by atoms with Crippen LogP contribution in [0, 0.1) is 41.5 Å². The van der Waals surface area contributed by atoms with Crippen LogP contribution in [0.25, 0.3) is 71.0 Å². The van der Waals surface area contributed by atoms with Crippen molar-refractivity contribution in [3.8, 4) is 0 Å². The van der Waals surface area contributed by atoms with Crippen LogP contribution < -0.4 is 14.7 Å². The third-order valence-corrected chi connectivity index (χ3v) is 15.0. The van der Waals surface area contributed by atoms with Gasteiger partial charge >= 0.3 is 0 Å². The highest BCUT2D eigenvalue weighted by molar-refractivity contribution is 7.00. The Labute approximate surface area is 424 Å². The third-order valence-electron chi connectivity index (χ3n) is 14.0. The Kier molecular flexibility index (Phi) is 16.1. The maximum Gasteiger partial charge on any atom is 0.128 e. The second kappa shape index (κ2) is 22.0. The first-order chi connectivity index (χ1) is 33.8. The summed E-state index contributed by atoms with van der Waals surface area (Å²) in [4.78, 5) is 6.65. The Hall–Kier alpha value is -6.62. The molecule has 0 saturated carbocycles. The third kappa shape index (κ3) is 9.27. The summed E-state index contributed by atoms with van der Waals surface area (Å²) in [6, 6.07) is 35.3.